The van der Waals surface area contributed by atoms with Crippen LogP contribution >= 0.6 is 15.9 Å². The normalized spacial score (nSPS) is 12.2. The number of likely N-dealkylation sites (N-methyl/N-ethyl adjacent to an activating group) is 1. The minimum absolute atomic E-state index is 0.0132. The zero-order chi connectivity index (χ0) is 13.5. The number of amides is 1. The van der Waals surface area contributed by atoms with Crippen LogP contribution in [-0.4, -0.2) is 23.9 Å². The van der Waals surface area contributed by atoms with E-state index in [9.17, 15) is 4.79 Å². The predicted molar refractivity (Wildman–Crippen MR) is 78.1 cm³/mol. The lowest BCUT2D eigenvalue weighted by atomic mass is 10.1. The molecule has 0 heterocycles. The van der Waals surface area contributed by atoms with Gasteiger partial charge in [0.15, 0.2) is 0 Å². The van der Waals surface area contributed by atoms with Gasteiger partial charge in [-0.2, -0.15) is 0 Å². The number of unbranched alkanes of at least 4 members (excludes halogenated alkanes) is 1. The number of carbonyl (C=O) groups excluding carboxylic acids is 1. The van der Waals surface area contributed by atoms with E-state index in [0.29, 0.717) is 6.54 Å². The smallest absolute Gasteiger partial charge is 0.239 e. The van der Waals surface area contributed by atoms with E-state index in [2.05, 4.69) is 22.9 Å². The van der Waals surface area contributed by atoms with Gasteiger partial charge in [0.1, 0.15) is 0 Å². The van der Waals surface area contributed by atoms with Gasteiger partial charge in [0.25, 0.3) is 0 Å². The van der Waals surface area contributed by atoms with Crippen molar-refractivity contribution in [2.75, 3.05) is 7.05 Å². The highest BCUT2D eigenvalue weighted by Crippen LogP contribution is 2.17. The van der Waals surface area contributed by atoms with Gasteiger partial charge in [-0.1, -0.05) is 53.9 Å². The van der Waals surface area contributed by atoms with E-state index in [1.807, 2.05) is 24.3 Å². The molecular weight excluding hydrogens is 292 g/mol. The molecule has 3 nitrogen and oxygen atoms in total. The third-order valence-electron chi connectivity index (χ3n) is 2.93. The summed E-state index contributed by atoms with van der Waals surface area (Å²) in [7, 11) is 1.80. The average molecular weight is 313 g/mol. The van der Waals surface area contributed by atoms with Crippen molar-refractivity contribution >= 4 is 21.8 Å². The van der Waals surface area contributed by atoms with E-state index in [1.54, 1.807) is 11.9 Å². The molecule has 0 spiro atoms. The van der Waals surface area contributed by atoms with Crippen molar-refractivity contribution in [3.05, 3.63) is 34.3 Å². The van der Waals surface area contributed by atoms with Gasteiger partial charge in [-0.3, -0.25) is 4.79 Å². The highest BCUT2D eigenvalue weighted by atomic mass is 79.9. The second-order valence-corrected chi connectivity index (χ2v) is 5.39. The summed E-state index contributed by atoms with van der Waals surface area (Å²) in [4.78, 5) is 13.7. The Bertz CT molecular complexity index is 395. The van der Waals surface area contributed by atoms with Gasteiger partial charge < -0.3 is 10.6 Å². The summed E-state index contributed by atoms with van der Waals surface area (Å²) >= 11 is 3.48. The summed E-state index contributed by atoms with van der Waals surface area (Å²) in [5.74, 6) is 0.0132. The number of halogens is 1. The molecule has 1 aromatic carbocycles. The Kier molecular flexibility index (Phi) is 6.36. The maximum absolute atomic E-state index is 12.1. The first-order chi connectivity index (χ1) is 8.56. The first-order valence-corrected chi connectivity index (χ1v) is 7.09. The summed E-state index contributed by atoms with van der Waals surface area (Å²) in [5, 5.41) is 0. The average Bonchev–Trinajstić information content (AvgIpc) is 2.37. The maximum Gasteiger partial charge on any atom is 0.239 e. The van der Waals surface area contributed by atoms with Crippen LogP contribution in [0.2, 0.25) is 0 Å². The first-order valence-electron chi connectivity index (χ1n) is 6.30. The van der Waals surface area contributed by atoms with Crippen LogP contribution < -0.4 is 5.73 Å². The van der Waals surface area contributed by atoms with Crippen molar-refractivity contribution in [1.29, 1.82) is 0 Å². The molecule has 0 aliphatic carbocycles. The van der Waals surface area contributed by atoms with Crippen LogP contribution in [0.25, 0.3) is 0 Å². The quantitative estimate of drug-likeness (QED) is 0.878. The molecule has 0 aliphatic heterocycles. The van der Waals surface area contributed by atoms with Gasteiger partial charge in [-0.25, -0.2) is 0 Å². The van der Waals surface area contributed by atoms with E-state index >= 15 is 0 Å². The van der Waals surface area contributed by atoms with Gasteiger partial charge in [-0.05, 0) is 18.1 Å². The van der Waals surface area contributed by atoms with Crippen molar-refractivity contribution in [1.82, 2.24) is 4.90 Å². The lowest BCUT2D eigenvalue weighted by Crippen LogP contribution is -2.41. The molecule has 0 radical (unpaired) electrons. The van der Waals surface area contributed by atoms with Crippen LogP contribution in [0.5, 0.6) is 0 Å². The van der Waals surface area contributed by atoms with E-state index in [-0.39, 0.29) is 11.9 Å². The van der Waals surface area contributed by atoms with E-state index in [0.717, 1.165) is 29.3 Å². The van der Waals surface area contributed by atoms with Crippen LogP contribution in [0.3, 0.4) is 0 Å². The Labute approximate surface area is 117 Å². The fourth-order valence-electron chi connectivity index (χ4n) is 1.79. The van der Waals surface area contributed by atoms with Gasteiger partial charge in [-0.15, -0.1) is 0 Å². The monoisotopic (exact) mass is 312 g/mol. The fourth-order valence-corrected chi connectivity index (χ4v) is 2.20. The highest BCUT2D eigenvalue weighted by molar-refractivity contribution is 9.10. The second kappa shape index (κ2) is 7.54. The standard InChI is InChI=1S/C14H21BrN2O/c1-3-4-9-13(16)14(18)17(2)10-11-7-5-6-8-12(11)15/h5-8,13H,3-4,9-10,16H2,1-2H3/t13-/m0/s1. The van der Waals surface area contributed by atoms with Crippen LogP contribution in [0.4, 0.5) is 0 Å². The molecular formula is C14H21BrN2O. The number of nitrogens with zero attached hydrogens (tertiary/aromatic N) is 1. The number of hydrogen-bond donors (Lipinski definition) is 1. The van der Waals surface area contributed by atoms with Crippen molar-refractivity contribution in [2.45, 2.75) is 38.8 Å². The molecule has 1 rings (SSSR count). The van der Waals surface area contributed by atoms with Crippen LogP contribution in [0.15, 0.2) is 28.7 Å². The zero-order valence-electron chi connectivity index (χ0n) is 11.0. The van der Waals surface area contributed by atoms with Crippen LogP contribution in [-0.2, 0) is 11.3 Å². The van der Waals surface area contributed by atoms with E-state index < -0.39 is 0 Å². The minimum Gasteiger partial charge on any atom is -0.340 e. The zero-order valence-corrected chi connectivity index (χ0v) is 12.6. The van der Waals surface area contributed by atoms with Gasteiger partial charge in [0.05, 0.1) is 6.04 Å². The molecule has 1 aromatic rings. The summed E-state index contributed by atoms with van der Waals surface area (Å²) in [6.45, 7) is 2.68. The summed E-state index contributed by atoms with van der Waals surface area (Å²) in [6.07, 6.45) is 2.82. The molecule has 0 saturated heterocycles. The Morgan fingerprint density at radius 1 is 1.44 bits per heavy atom. The molecule has 0 saturated carbocycles. The summed E-state index contributed by atoms with van der Waals surface area (Å²) in [5.41, 5.74) is 6.99. The third-order valence-corrected chi connectivity index (χ3v) is 3.70. The fraction of sp³-hybridized carbons (Fsp3) is 0.500. The van der Waals surface area contributed by atoms with Gasteiger partial charge in [0.2, 0.25) is 5.91 Å². The van der Waals surface area contributed by atoms with Crippen molar-refractivity contribution < 1.29 is 4.79 Å². The maximum atomic E-state index is 12.1. The van der Waals surface area contributed by atoms with Crippen molar-refractivity contribution in [3.63, 3.8) is 0 Å². The van der Waals surface area contributed by atoms with E-state index in [4.69, 9.17) is 5.73 Å². The molecule has 18 heavy (non-hydrogen) atoms. The number of nitrogens with two attached hydrogens (primary N) is 1. The molecule has 1 amide bonds. The molecule has 100 valence electrons. The van der Waals surface area contributed by atoms with Crippen molar-refractivity contribution in [3.8, 4) is 0 Å². The largest absolute Gasteiger partial charge is 0.340 e. The molecule has 0 aromatic heterocycles. The minimum atomic E-state index is -0.377. The Balaban J connectivity index is 2.57. The van der Waals surface area contributed by atoms with Gasteiger partial charge >= 0.3 is 0 Å². The number of rotatable bonds is 6. The predicted octanol–water partition coefficient (Wildman–Crippen LogP) is 2.93. The third kappa shape index (κ3) is 4.42. The highest BCUT2D eigenvalue weighted by Gasteiger charge is 2.17. The Morgan fingerprint density at radius 3 is 2.72 bits per heavy atom. The lowest BCUT2D eigenvalue weighted by Gasteiger charge is -2.21. The molecule has 0 fully saturated rings. The number of carbonyl (C=O) groups is 1. The lowest BCUT2D eigenvalue weighted by molar-refractivity contribution is -0.132. The van der Waals surface area contributed by atoms with E-state index in [1.165, 1.54) is 0 Å². The Hall–Kier alpha value is -0.870. The number of hydrogen-bond acceptors (Lipinski definition) is 2. The molecule has 0 aliphatic rings. The Morgan fingerprint density at radius 2 is 2.11 bits per heavy atom. The van der Waals surface area contributed by atoms with Crippen molar-refractivity contribution in [2.24, 2.45) is 5.73 Å². The van der Waals surface area contributed by atoms with Gasteiger partial charge in [0, 0.05) is 18.1 Å². The van der Waals surface area contributed by atoms with Crippen LogP contribution in [0, 0.1) is 0 Å². The second-order valence-electron chi connectivity index (χ2n) is 4.53. The number of benzene rings is 1. The molecule has 0 bridgehead atoms. The van der Waals surface area contributed by atoms with Crippen LogP contribution in [0.1, 0.15) is 31.7 Å². The topological polar surface area (TPSA) is 46.3 Å². The molecule has 0 unspecified atom stereocenters. The summed E-state index contributed by atoms with van der Waals surface area (Å²) < 4.78 is 1.02. The summed E-state index contributed by atoms with van der Waals surface area (Å²) in [6, 6.07) is 7.53. The SMILES string of the molecule is CCCC[C@H](N)C(=O)N(C)Cc1ccccc1Br. The molecule has 4 heteroatoms. The molecule has 2 N–H and O–H groups in total. The first kappa shape index (κ1) is 15.2. The molecule has 1 atom stereocenters.